The first-order valence-electron chi connectivity index (χ1n) is 8.66. The Hall–Kier alpha value is -2.45. The number of carbonyl (C=O) groups excluding carboxylic acids is 1. The number of amides is 1. The molecule has 0 aliphatic carbocycles. The standard InChI is InChI=1S/C18H25N5O3/c1-12-4-5-16(24)15(19-12)11-22-6-7-23-13(10-22)8-14(20-23)17(25)9-18(26)21(2)3/h4-5,8,17,24-25H,6-7,9-11H2,1-3H3. The average Bonchev–Trinajstić information content (AvgIpc) is 3.01. The Morgan fingerprint density at radius 3 is 2.85 bits per heavy atom. The van der Waals surface area contributed by atoms with Crippen LogP contribution in [0.5, 0.6) is 5.75 Å². The van der Waals surface area contributed by atoms with Crippen LogP contribution < -0.4 is 0 Å². The van der Waals surface area contributed by atoms with Crippen LogP contribution >= 0.6 is 0 Å². The third-order valence-electron chi connectivity index (χ3n) is 4.57. The second-order valence-electron chi connectivity index (χ2n) is 6.92. The molecule has 2 N–H and O–H groups in total. The number of nitrogens with zero attached hydrogens (tertiary/aromatic N) is 5. The van der Waals surface area contributed by atoms with Crippen molar-refractivity contribution in [2.45, 2.75) is 39.1 Å². The summed E-state index contributed by atoms with van der Waals surface area (Å²) in [5.74, 6) is 0.0686. The first kappa shape index (κ1) is 18.3. The molecule has 3 rings (SSSR count). The van der Waals surface area contributed by atoms with Gasteiger partial charge in [0, 0.05) is 39.4 Å². The number of hydrogen-bond donors (Lipinski definition) is 2. The molecule has 0 saturated carbocycles. The number of hydrogen-bond acceptors (Lipinski definition) is 6. The summed E-state index contributed by atoms with van der Waals surface area (Å²) in [5, 5.41) is 24.7. The summed E-state index contributed by atoms with van der Waals surface area (Å²) in [6.07, 6.45) is -0.882. The molecular weight excluding hydrogens is 334 g/mol. The van der Waals surface area contributed by atoms with E-state index in [2.05, 4.69) is 15.0 Å². The number of aliphatic hydroxyl groups excluding tert-OH is 1. The summed E-state index contributed by atoms with van der Waals surface area (Å²) in [4.78, 5) is 19.8. The molecule has 0 bridgehead atoms. The van der Waals surface area contributed by atoms with E-state index in [4.69, 9.17) is 0 Å². The van der Waals surface area contributed by atoms with E-state index in [0.29, 0.717) is 31.0 Å². The lowest BCUT2D eigenvalue weighted by Crippen LogP contribution is -2.33. The van der Waals surface area contributed by atoms with E-state index < -0.39 is 6.10 Å². The van der Waals surface area contributed by atoms with Crippen LogP contribution in [0.4, 0.5) is 0 Å². The number of rotatable bonds is 5. The third kappa shape index (κ3) is 4.03. The fourth-order valence-corrected chi connectivity index (χ4v) is 3.02. The quantitative estimate of drug-likeness (QED) is 0.821. The monoisotopic (exact) mass is 359 g/mol. The largest absolute Gasteiger partial charge is 0.506 e. The average molecular weight is 359 g/mol. The van der Waals surface area contributed by atoms with Gasteiger partial charge in [0.15, 0.2) is 0 Å². The van der Waals surface area contributed by atoms with Crippen LogP contribution in [0.15, 0.2) is 18.2 Å². The van der Waals surface area contributed by atoms with Crippen molar-refractivity contribution in [2.75, 3.05) is 20.6 Å². The molecule has 2 aromatic heterocycles. The maximum absolute atomic E-state index is 11.8. The Bertz CT molecular complexity index is 802. The molecule has 3 heterocycles. The molecule has 26 heavy (non-hydrogen) atoms. The van der Waals surface area contributed by atoms with Crippen LogP contribution in [0.25, 0.3) is 0 Å². The molecule has 0 spiro atoms. The lowest BCUT2D eigenvalue weighted by molar-refractivity contribution is -0.130. The molecular formula is C18H25N5O3. The molecule has 8 nitrogen and oxygen atoms in total. The molecule has 1 unspecified atom stereocenters. The Labute approximate surface area is 152 Å². The molecule has 140 valence electrons. The third-order valence-corrected chi connectivity index (χ3v) is 4.57. The molecule has 1 atom stereocenters. The fourth-order valence-electron chi connectivity index (χ4n) is 3.02. The van der Waals surface area contributed by atoms with Gasteiger partial charge in [-0.05, 0) is 25.1 Å². The zero-order valence-corrected chi connectivity index (χ0v) is 15.4. The lowest BCUT2D eigenvalue weighted by Gasteiger charge is -2.27. The summed E-state index contributed by atoms with van der Waals surface area (Å²) >= 11 is 0. The number of aromatic hydroxyl groups is 1. The van der Waals surface area contributed by atoms with Crippen molar-refractivity contribution < 1.29 is 15.0 Å². The zero-order valence-electron chi connectivity index (χ0n) is 15.4. The maximum Gasteiger partial charge on any atom is 0.225 e. The zero-order chi connectivity index (χ0) is 18.8. The van der Waals surface area contributed by atoms with Gasteiger partial charge in [-0.1, -0.05) is 0 Å². The van der Waals surface area contributed by atoms with Crippen LogP contribution in [0.2, 0.25) is 0 Å². The molecule has 1 amide bonds. The summed E-state index contributed by atoms with van der Waals surface area (Å²) in [5.41, 5.74) is 3.04. The van der Waals surface area contributed by atoms with Crippen molar-refractivity contribution in [3.63, 3.8) is 0 Å². The molecule has 1 aliphatic heterocycles. The SMILES string of the molecule is Cc1ccc(O)c(CN2CCn3nc(C(O)CC(=O)N(C)C)cc3C2)n1. The minimum absolute atomic E-state index is 0.0221. The molecule has 0 fully saturated rings. The Balaban J connectivity index is 1.68. The highest BCUT2D eigenvalue weighted by molar-refractivity contribution is 5.76. The predicted molar refractivity (Wildman–Crippen MR) is 95.3 cm³/mol. The molecule has 0 radical (unpaired) electrons. The summed E-state index contributed by atoms with van der Waals surface area (Å²) in [7, 11) is 3.33. The number of aryl methyl sites for hydroxylation is 1. The van der Waals surface area contributed by atoms with E-state index >= 15 is 0 Å². The molecule has 2 aromatic rings. The van der Waals surface area contributed by atoms with Gasteiger partial charge < -0.3 is 15.1 Å². The van der Waals surface area contributed by atoms with E-state index in [1.165, 1.54) is 4.90 Å². The van der Waals surface area contributed by atoms with E-state index in [1.54, 1.807) is 26.2 Å². The Morgan fingerprint density at radius 1 is 1.35 bits per heavy atom. The summed E-state index contributed by atoms with van der Waals surface area (Å²) in [6, 6.07) is 5.30. The van der Waals surface area contributed by atoms with E-state index in [-0.39, 0.29) is 18.1 Å². The lowest BCUT2D eigenvalue weighted by atomic mass is 10.1. The van der Waals surface area contributed by atoms with E-state index in [0.717, 1.165) is 17.9 Å². The van der Waals surface area contributed by atoms with E-state index in [9.17, 15) is 15.0 Å². The second-order valence-corrected chi connectivity index (χ2v) is 6.92. The van der Waals surface area contributed by atoms with Gasteiger partial charge in [0.25, 0.3) is 0 Å². The number of aromatic nitrogens is 3. The highest BCUT2D eigenvalue weighted by Crippen LogP contribution is 2.23. The molecule has 0 aromatic carbocycles. The molecule has 0 saturated heterocycles. The number of fused-ring (bicyclic) bond motifs is 1. The van der Waals surface area contributed by atoms with Crippen molar-refractivity contribution in [3.05, 3.63) is 41.0 Å². The smallest absolute Gasteiger partial charge is 0.225 e. The molecule has 1 aliphatic rings. The maximum atomic E-state index is 11.8. The van der Waals surface area contributed by atoms with E-state index in [1.807, 2.05) is 17.7 Å². The van der Waals surface area contributed by atoms with Crippen molar-refractivity contribution in [1.29, 1.82) is 0 Å². The molecule has 8 heteroatoms. The van der Waals surface area contributed by atoms with Crippen LogP contribution in [0.1, 0.15) is 35.3 Å². The van der Waals surface area contributed by atoms with Gasteiger partial charge >= 0.3 is 0 Å². The summed E-state index contributed by atoms with van der Waals surface area (Å²) < 4.78 is 1.87. The second kappa shape index (κ2) is 7.43. The first-order chi connectivity index (χ1) is 12.3. The van der Waals surface area contributed by atoms with Gasteiger partial charge in [-0.25, -0.2) is 0 Å². The van der Waals surface area contributed by atoms with Gasteiger partial charge in [-0.3, -0.25) is 19.4 Å². The minimum Gasteiger partial charge on any atom is -0.506 e. The van der Waals surface area contributed by atoms with Gasteiger partial charge in [0.1, 0.15) is 11.9 Å². The normalized spacial score (nSPS) is 15.5. The van der Waals surface area contributed by atoms with Gasteiger partial charge in [0.2, 0.25) is 5.91 Å². The van der Waals surface area contributed by atoms with Crippen molar-refractivity contribution in [3.8, 4) is 5.75 Å². The van der Waals surface area contributed by atoms with Crippen molar-refractivity contribution >= 4 is 5.91 Å². The highest BCUT2D eigenvalue weighted by Gasteiger charge is 2.23. The Morgan fingerprint density at radius 2 is 2.12 bits per heavy atom. The highest BCUT2D eigenvalue weighted by atomic mass is 16.3. The van der Waals surface area contributed by atoms with Crippen molar-refractivity contribution in [2.24, 2.45) is 0 Å². The number of pyridine rings is 1. The minimum atomic E-state index is -0.904. The van der Waals surface area contributed by atoms with Crippen LogP contribution in [0, 0.1) is 6.92 Å². The van der Waals surface area contributed by atoms with Gasteiger partial charge in [0.05, 0.1) is 30.0 Å². The van der Waals surface area contributed by atoms with Gasteiger partial charge in [-0.15, -0.1) is 0 Å². The summed E-state index contributed by atoms with van der Waals surface area (Å²) in [6.45, 7) is 4.56. The fraction of sp³-hybridized carbons (Fsp3) is 0.500. The van der Waals surface area contributed by atoms with Crippen molar-refractivity contribution in [1.82, 2.24) is 24.6 Å². The topological polar surface area (TPSA) is 94.7 Å². The van der Waals surface area contributed by atoms with Crippen LogP contribution in [-0.2, 0) is 24.4 Å². The van der Waals surface area contributed by atoms with Crippen LogP contribution in [-0.4, -0.2) is 61.3 Å². The van der Waals surface area contributed by atoms with Gasteiger partial charge in [-0.2, -0.15) is 5.10 Å². The Kier molecular flexibility index (Phi) is 5.24. The first-order valence-corrected chi connectivity index (χ1v) is 8.66. The number of carbonyl (C=O) groups is 1. The predicted octanol–water partition coefficient (Wildman–Crippen LogP) is 0.820. The van der Waals surface area contributed by atoms with Crippen LogP contribution in [0.3, 0.4) is 0 Å². The number of aliphatic hydroxyl groups is 1.